The largest absolute Gasteiger partial charge is 0.493 e. The Kier molecular flexibility index (Phi) is 9.23. The lowest BCUT2D eigenvalue weighted by atomic mass is 10.2. The third kappa shape index (κ3) is 6.02. The van der Waals surface area contributed by atoms with Crippen LogP contribution >= 0.6 is 28.3 Å². The maximum Gasteiger partial charge on any atom is 0.175 e. The van der Waals surface area contributed by atoms with Gasteiger partial charge in [0, 0.05) is 6.54 Å². The van der Waals surface area contributed by atoms with Crippen LogP contribution in [0.4, 0.5) is 0 Å². The highest BCUT2D eigenvalue weighted by atomic mass is 79.9. The fraction of sp³-hybridized carbons (Fsp3) is 0.571. The molecule has 1 aromatic carbocycles. The molecule has 0 bridgehead atoms. The number of benzene rings is 1. The SMILES string of the molecule is CCOc1c(Br)cc(CNCC(C)C)cc1OC.Cl. The zero-order valence-corrected chi connectivity index (χ0v) is 14.4. The van der Waals surface area contributed by atoms with Gasteiger partial charge in [0.05, 0.1) is 18.2 Å². The predicted molar refractivity (Wildman–Crippen MR) is 85.7 cm³/mol. The lowest BCUT2D eigenvalue weighted by Gasteiger charge is -2.14. The molecule has 0 saturated heterocycles. The van der Waals surface area contributed by atoms with Crippen LogP contribution in [-0.2, 0) is 6.54 Å². The molecule has 110 valence electrons. The van der Waals surface area contributed by atoms with E-state index in [4.69, 9.17) is 9.47 Å². The van der Waals surface area contributed by atoms with Gasteiger partial charge in [0.15, 0.2) is 11.5 Å². The molecule has 1 N–H and O–H groups in total. The topological polar surface area (TPSA) is 30.5 Å². The second kappa shape index (κ2) is 9.45. The summed E-state index contributed by atoms with van der Waals surface area (Å²) in [6.45, 7) is 8.82. The minimum Gasteiger partial charge on any atom is -0.493 e. The van der Waals surface area contributed by atoms with E-state index in [0.29, 0.717) is 12.5 Å². The van der Waals surface area contributed by atoms with Crippen LogP contribution in [0.1, 0.15) is 26.3 Å². The molecule has 0 saturated carbocycles. The van der Waals surface area contributed by atoms with Gasteiger partial charge in [0.2, 0.25) is 0 Å². The standard InChI is InChI=1S/C14H22BrNO2.ClH/c1-5-18-14-12(15)6-11(7-13(14)17-4)9-16-8-10(2)3;/h6-7,10,16H,5,8-9H2,1-4H3;1H. The Morgan fingerprint density at radius 2 is 2.00 bits per heavy atom. The molecule has 0 amide bonds. The maximum absolute atomic E-state index is 5.56. The second-order valence-electron chi connectivity index (χ2n) is 4.57. The summed E-state index contributed by atoms with van der Waals surface area (Å²) >= 11 is 3.53. The smallest absolute Gasteiger partial charge is 0.175 e. The summed E-state index contributed by atoms with van der Waals surface area (Å²) in [5.41, 5.74) is 1.18. The van der Waals surface area contributed by atoms with E-state index in [1.165, 1.54) is 5.56 Å². The number of nitrogens with one attached hydrogen (secondary N) is 1. The van der Waals surface area contributed by atoms with Gasteiger partial charge in [-0.15, -0.1) is 12.4 Å². The quantitative estimate of drug-likeness (QED) is 0.804. The lowest BCUT2D eigenvalue weighted by molar-refractivity contribution is 0.308. The fourth-order valence-corrected chi connectivity index (χ4v) is 2.27. The Balaban J connectivity index is 0.00000324. The Morgan fingerprint density at radius 3 is 2.53 bits per heavy atom. The summed E-state index contributed by atoms with van der Waals surface area (Å²) in [6.07, 6.45) is 0. The minimum atomic E-state index is 0. The predicted octanol–water partition coefficient (Wildman–Crippen LogP) is 4.02. The van der Waals surface area contributed by atoms with Crippen LogP contribution < -0.4 is 14.8 Å². The number of halogens is 2. The lowest BCUT2D eigenvalue weighted by Crippen LogP contribution is -2.19. The molecule has 0 fully saturated rings. The number of hydrogen-bond acceptors (Lipinski definition) is 3. The highest BCUT2D eigenvalue weighted by molar-refractivity contribution is 9.10. The van der Waals surface area contributed by atoms with E-state index in [-0.39, 0.29) is 12.4 Å². The minimum absolute atomic E-state index is 0. The average Bonchev–Trinajstić information content (AvgIpc) is 2.31. The number of methoxy groups -OCH3 is 1. The first-order chi connectivity index (χ1) is 8.58. The normalized spacial score (nSPS) is 10.2. The molecule has 0 atom stereocenters. The third-order valence-electron chi connectivity index (χ3n) is 2.46. The molecule has 1 rings (SSSR count). The van der Waals surface area contributed by atoms with Crippen molar-refractivity contribution in [3.63, 3.8) is 0 Å². The van der Waals surface area contributed by atoms with E-state index in [9.17, 15) is 0 Å². The monoisotopic (exact) mass is 351 g/mol. The third-order valence-corrected chi connectivity index (χ3v) is 3.05. The Labute approximate surface area is 130 Å². The number of ether oxygens (including phenoxy) is 2. The van der Waals surface area contributed by atoms with Gasteiger partial charge in [-0.05, 0) is 53.0 Å². The summed E-state index contributed by atoms with van der Waals surface area (Å²) in [4.78, 5) is 0. The Bertz CT molecular complexity index is 386. The van der Waals surface area contributed by atoms with Gasteiger partial charge in [-0.1, -0.05) is 13.8 Å². The molecular formula is C14H23BrClNO2. The van der Waals surface area contributed by atoms with Crippen molar-refractivity contribution in [3.8, 4) is 11.5 Å². The number of rotatable bonds is 7. The van der Waals surface area contributed by atoms with Gasteiger partial charge in [-0.2, -0.15) is 0 Å². The molecule has 1 aromatic rings. The van der Waals surface area contributed by atoms with Gasteiger partial charge >= 0.3 is 0 Å². The second-order valence-corrected chi connectivity index (χ2v) is 5.42. The number of hydrogen-bond donors (Lipinski definition) is 1. The average molecular weight is 353 g/mol. The van der Waals surface area contributed by atoms with E-state index in [2.05, 4.69) is 41.2 Å². The fourth-order valence-electron chi connectivity index (χ4n) is 1.66. The van der Waals surface area contributed by atoms with Crippen molar-refractivity contribution in [1.29, 1.82) is 0 Å². The first-order valence-corrected chi connectivity index (χ1v) is 7.07. The summed E-state index contributed by atoms with van der Waals surface area (Å²) in [6, 6.07) is 4.09. The molecular weight excluding hydrogens is 330 g/mol. The van der Waals surface area contributed by atoms with Crippen LogP contribution in [0.3, 0.4) is 0 Å². The first kappa shape index (κ1) is 18.6. The van der Waals surface area contributed by atoms with Crippen molar-refractivity contribution in [2.75, 3.05) is 20.3 Å². The highest BCUT2D eigenvalue weighted by Gasteiger charge is 2.11. The van der Waals surface area contributed by atoms with Crippen molar-refractivity contribution in [1.82, 2.24) is 5.32 Å². The maximum atomic E-state index is 5.56. The molecule has 0 aliphatic rings. The van der Waals surface area contributed by atoms with Crippen LogP contribution in [0.2, 0.25) is 0 Å². The van der Waals surface area contributed by atoms with Gasteiger partial charge in [-0.3, -0.25) is 0 Å². The van der Waals surface area contributed by atoms with E-state index in [1.54, 1.807) is 7.11 Å². The van der Waals surface area contributed by atoms with Crippen LogP contribution in [0, 0.1) is 5.92 Å². The summed E-state index contributed by atoms with van der Waals surface area (Å²) in [7, 11) is 1.66. The van der Waals surface area contributed by atoms with E-state index in [0.717, 1.165) is 29.1 Å². The highest BCUT2D eigenvalue weighted by Crippen LogP contribution is 2.36. The Morgan fingerprint density at radius 1 is 1.32 bits per heavy atom. The molecule has 0 aliphatic heterocycles. The molecule has 0 aromatic heterocycles. The van der Waals surface area contributed by atoms with Crippen molar-refractivity contribution < 1.29 is 9.47 Å². The molecule has 0 radical (unpaired) electrons. The van der Waals surface area contributed by atoms with Gasteiger partial charge in [0.25, 0.3) is 0 Å². The molecule has 0 aliphatic carbocycles. The van der Waals surface area contributed by atoms with Crippen LogP contribution in [0.5, 0.6) is 11.5 Å². The van der Waals surface area contributed by atoms with Gasteiger partial charge in [-0.25, -0.2) is 0 Å². The Hall–Kier alpha value is -0.450. The molecule has 5 heteroatoms. The molecule has 0 heterocycles. The van der Waals surface area contributed by atoms with Crippen molar-refractivity contribution in [2.45, 2.75) is 27.3 Å². The van der Waals surface area contributed by atoms with Crippen LogP contribution in [-0.4, -0.2) is 20.3 Å². The summed E-state index contributed by atoms with van der Waals surface area (Å²) in [5, 5.41) is 3.41. The van der Waals surface area contributed by atoms with Gasteiger partial charge in [0.1, 0.15) is 0 Å². The summed E-state index contributed by atoms with van der Waals surface area (Å²) < 4.78 is 11.9. The zero-order chi connectivity index (χ0) is 13.5. The van der Waals surface area contributed by atoms with Crippen molar-refractivity contribution in [2.24, 2.45) is 5.92 Å². The van der Waals surface area contributed by atoms with Crippen LogP contribution in [0.15, 0.2) is 16.6 Å². The van der Waals surface area contributed by atoms with E-state index >= 15 is 0 Å². The molecule has 3 nitrogen and oxygen atoms in total. The summed E-state index contributed by atoms with van der Waals surface area (Å²) in [5.74, 6) is 2.19. The van der Waals surface area contributed by atoms with Crippen LogP contribution in [0.25, 0.3) is 0 Å². The van der Waals surface area contributed by atoms with E-state index in [1.807, 2.05) is 13.0 Å². The first-order valence-electron chi connectivity index (χ1n) is 6.28. The van der Waals surface area contributed by atoms with Crippen molar-refractivity contribution in [3.05, 3.63) is 22.2 Å². The van der Waals surface area contributed by atoms with Crippen molar-refractivity contribution >= 4 is 28.3 Å². The van der Waals surface area contributed by atoms with E-state index < -0.39 is 0 Å². The zero-order valence-electron chi connectivity index (χ0n) is 12.0. The molecule has 0 spiro atoms. The molecule has 0 unspecified atom stereocenters. The van der Waals surface area contributed by atoms with Gasteiger partial charge < -0.3 is 14.8 Å². The molecule has 19 heavy (non-hydrogen) atoms.